The first kappa shape index (κ1) is 14.1. The van der Waals surface area contributed by atoms with Crippen molar-refractivity contribution in [3.05, 3.63) is 53.6 Å². The Morgan fingerprint density at radius 1 is 1.05 bits per heavy atom. The first-order valence-corrected chi connectivity index (χ1v) is 7.64. The van der Waals surface area contributed by atoms with Gasteiger partial charge >= 0.3 is 0 Å². The van der Waals surface area contributed by atoms with Crippen LogP contribution in [0.3, 0.4) is 0 Å². The molecule has 0 aliphatic rings. The molecule has 2 nitrogen and oxygen atoms in total. The van der Waals surface area contributed by atoms with Crippen LogP contribution in [-0.4, -0.2) is 19.4 Å². The first-order valence-electron chi connectivity index (χ1n) is 6.04. The molecule has 0 fully saturated rings. The monoisotopic (exact) mass is 293 g/mol. The van der Waals surface area contributed by atoms with Crippen molar-refractivity contribution in [3.63, 3.8) is 0 Å². The van der Waals surface area contributed by atoms with E-state index in [4.69, 9.17) is 16.3 Å². The van der Waals surface area contributed by atoms with E-state index >= 15 is 0 Å². The zero-order valence-electron chi connectivity index (χ0n) is 10.7. The highest BCUT2D eigenvalue weighted by atomic mass is 35.5. The Morgan fingerprint density at radius 2 is 1.74 bits per heavy atom. The highest BCUT2D eigenvalue weighted by Crippen LogP contribution is 2.19. The van der Waals surface area contributed by atoms with Gasteiger partial charge in [-0.2, -0.15) is 0 Å². The summed E-state index contributed by atoms with van der Waals surface area (Å²) < 4.78 is 5.65. The normalized spacial score (nSPS) is 10.2. The Bertz CT molecular complexity index is 499. The molecule has 0 atom stereocenters. The van der Waals surface area contributed by atoms with Crippen molar-refractivity contribution in [2.45, 2.75) is 4.90 Å². The SMILES string of the molecule is CSc1ccc(OCCNc2ccc(Cl)cc2)cc1. The lowest BCUT2D eigenvalue weighted by atomic mass is 10.3. The predicted octanol–water partition coefficient (Wildman–Crippen LogP) is 4.55. The molecule has 0 aliphatic heterocycles. The fourth-order valence-corrected chi connectivity index (χ4v) is 2.14. The molecule has 2 rings (SSSR count). The van der Waals surface area contributed by atoms with E-state index in [9.17, 15) is 0 Å². The lowest BCUT2D eigenvalue weighted by molar-refractivity contribution is 0.332. The molecule has 0 unspecified atom stereocenters. The second-order valence-electron chi connectivity index (χ2n) is 3.96. The van der Waals surface area contributed by atoms with E-state index in [0.29, 0.717) is 6.61 Å². The maximum Gasteiger partial charge on any atom is 0.119 e. The molecule has 0 bridgehead atoms. The van der Waals surface area contributed by atoms with Gasteiger partial charge in [-0.15, -0.1) is 11.8 Å². The van der Waals surface area contributed by atoms with E-state index in [1.54, 1.807) is 11.8 Å². The Labute approximate surface area is 123 Å². The molecular weight excluding hydrogens is 278 g/mol. The summed E-state index contributed by atoms with van der Waals surface area (Å²) in [7, 11) is 0. The average Bonchev–Trinajstić information content (AvgIpc) is 2.46. The van der Waals surface area contributed by atoms with Crippen LogP contribution in [0, 0.1) is 0 Å². The Morgan fingerprint density at radius 3 is 2.37 bits per heavy atom. The van der Waals surface area contributed by atoms with Gasteiger partial charge in [0.25, 0.3) is 0 Å². The van der Waals surface area contributed by atoms with Gasteiger partial charge in [-0.1, -0.05) is 11.6 Å². The molecule has 0 heterocycles. The van der Waals surface area contributed by atoms with Crippen molar-refractivity contribution >= 4 is 29.1 Å². The molecule has 0 amide bonds. The van der Waals surface area contributed by atoms with Gasteiger partial charge in [-0.25, -0.2) is 0 Å². The van der Waals surface area contributed by atoms with Crippen molar-refractivity contribution in [2.75, 3.05) is 24.7 Å². The van der Waals surface area contributed by atoms with Gasteiger partial charge in [0.1, 0.15) is 12.4 Å². The van der Waals surface area contributed by atoms with E-state index in [1.165, 1.54) is 4.90 Å². The molecule has 0 spiro atoms. The molecule has 100 valence electrons. The van der Waals surface area contributed by atoms with Crippen molar-refractivity contribution < 1.29 is 4.74 Å². The minimum atomic E-state index is 0.626. The van der Waals surface area contributed by atoms with Gasteiger partial charge in [0.05, 0.1) is 0 Å². The molecule has 1 N–H and O–H groups in total. The van der Waals surface area contributed by atoms with E-state index in [1.807, 2.05) is 36.4 Å². The molecule has 0 aliphatic carbocycles. The number of hydrogen-bond donors (Lipinski definition) is 1. The molecule has 0 saturated heterocycles. The lowest BCUT2D eigenvalue weighted by Gasteiger charge is -2.09. The molecule has 2 aromatic carbocycles. The second kappa shape index (κ2) is 7.31. The molecule has 2 aromatic rings. The number of thioether (sulfide) groups is 1. The number of hydrogen-bond acceptors (Lipinski definition) is 3. The minimum absolute atomic E-state index is 0.626. The van der Waals surface area contributed by atoms with Crippen LogP contribution >= 0.6 is 23.4 Å². The number of benzene rings is 2. The van der Waals surface area contributed by atoms with Crippen molar-refractivity contribution in [1.82, 2.24) is 0 Å². The maximum atomic E-state index is 5.82. The summed E-state index contributed by atoms with van der Waals surface area (Å²) in [6, 6.07) is 15.8. The Kier molecular flexibility index (Phi) is 5.43. The zero-order chi connectivity index (χ0) is 13.5. The summed E-state index contributed by atoms with van der Waals surface area (Å²) in [5.41, 5.74) is 1.05. The summed E-state index contributed by atoms with van der Waals surface area (Å²) in [5, 5.41) is 4.02. The van der Waals surface area contributed by atoms with Gasteiger partial charge in [0.15, 0.2) is 0 Å². The number of ether oxygens (including phenoxy) is 1. The standard InChI is InChI=1S/C15H16ClNOS/c1-19-15-8-6-14(7-9-15)18-11-10-17-13-4-2-12(16)3-5-13/h2-9,17H,10-11H2,1H3. The van der Waals surface area contributed by atoms with Crippen LogP contribution in [0.1, 0.15) is 0 Å². The Balaban J connectivity index is 1.72. The van der Waals surface area contributed by atoms with Crippen LogP contribution in [-0.2, 0) is 0 Å². The predicted molar refractivity (Wildman–Crippen MR) is 83.7 cm³/mol. The van der Waals surface area contributed by atoms with Crippen LogP contribution < -0.4 is 10.1 Å². The van der Waals surface area contributed by atoms with Gasteiger partial charge in [0.2, 0.25) is 0 Å². The topological polar surface area (TPSA) is 21.3 Å². The third kappa shape index (κ3) is 4.69. The summed E-state index contributed by atoms with van der Waals surface area (Å²) in [5.74, 6) is 0.899. The largest absolute Gasteiger partial charge is 0.492 e. The van der Waals surface area contributed by atoms with Gasteiger partial charge in [0, 0.05) is 22.2 Å². The van der Waals surface area contributed by atoms with E-state index in [2.05, 4.69) is 23.7 Å². The first-order chi connectivity index (χ1) is 9.28. The van der Waals surface area contributed by atoms with Crippen LogP contribution in [0.15, 0.2) is 53.4 Å². The number of rotatable bonds is 6. The van der Waals surface area contributed by atoms with Crippen molar-refractivity contribution in [2.24, 2.45) is 0 Å². The number of halogens is 1. The summed E-state index contributed by atoms with van der Waals surface area (Å²) >= 11 is 7.55. The van der Waals surface area contributed by atoms with Crippen LogP contribution in [0.4, 0.5) is 5.69 Å². The average molecular weight is 294 g/mol. The quantitative estimate of drug-likeness (QED) is 0.623. The molecule has 4 heteroatoms. The third-order valence-electron chi connectivity index (χ3n) is 2.60. The van der Waals surface area contributed by atoms with E-state index < -0.39 is 0 Å². The molecule has 0 radical (unpaired) electrons. The van der Waals surface area contributed by atoms with Gasteiger partial charge in [-0.3, -0.25) is 0 Å². The summed E-state index contributed by atoms with van der Waals surface area (Å²) in [4.78, 5) is 1.24. The maximum absolute atomic E-state index is 5.82. The minimum Gasteiger partial charge on any atom is -0.492 e. The molecular formula is C15H16ClNOS. The van der Waals surface area contributed by atoms with Gasteiger partial charge in [-0.05, 0) is 54.8 Å². The molecule has 0 saturated carbocycles. The van der Waals surface area contributed by atoms with Crippen molar-refractivity contribution in [1.29, 1.82) is 0 Å². The number of anilines is 1. The zero-order valence-corrected chi connectivity index (χ0v) is 12.3. The van der Waals surface area contributed by atoms with E-state index in [0.717, 1.165) is 23.0 Å². The Hall–Kier alpha value is -1.32. The van der Waals surface area contributed by atoms with Crippen LogP contribution in [0.2, 0.25) is 5.02 Å². The lowest BCUT2D eigenvalue weighted by Crippen LogP contribution is -2.11. The highest BCUT2D eigenvalue weighted by molar-refractivity contribution is 7.98. The number of nitrogens with one attached hydrogen (secondary N) is 1. The van der Waals surface area contributed by atoms with Crippen LogP contribution in [0.25, 0.3) is 0 Å². The summed E-state index contributed by atoms with van der Waals surface area (Å²) in [6.45, 7) is 1.38. The second-order valence-corrected chi connectivity index (χ2v) is 5.27. The summed E-state index contributed by atoms with van der Waals surface area (Å²) in [6.07, 6.45) is 2.06. The third-order valence-corrected chi connectivity index (χ3v) is 3.60. The smallest absolute Gasteiger partial charge is 0.119 e. The molecule has 19 heavy (non-hydrogen) atoms. The van der Waals surface area contributed by atoms with Crippen molar-refractivity contribution in [3.8, 4) is 5.75 Å². The fourth-order valence-electron chi connectivity index (χ4n) is 1.60. The van der Waals surface area contributed by atoms with Gasteiger partial charge < -0.3 is 10.1 Å². The highest BCUT2D eigenvalue weighted by Gasteiger charge is 1.95. The molecule has 0 aromatic heterocycles. The fraction of sp³-hybridized carbons (Fsp3) is 0.200. The van der Waals surface area contributed by atoms with E-state index in [-0.39, 0.29) is 0 Å². The van der Waals surface area contributed by atoms with Crippen LogP contribution in [0.5, 0.6) is 5.75 Å².